The number of hydrogen-bond donors (Lipinski definition) is 2. The van der Waals surface area contributed by atoms with Crippen molar-refractivity contribution in [1.29, 1.82) is 0 Å². The standard InChI is InChI=1S/C18H15ClN2O2/c1-11(22)13-4-2-12(3-5-13)10-20-18(23)17-9-14-8-15(19)6-7-16(14)21-17/h2-9,21H,10H2,1H3,(H,20,23). The third-order valence-electron chi connectivity index (χ3n) is 3.64. The Morgan fingerprint density at radius 3 is 2.52 bits per heavy atom. The summed E-state index contributed by atoms with van der Waals surface area (Å²) in [5.41, 5.74) is 2.95. The molecule has 0 unspecified atom stereocenters. The Morgan fingerprint density at radius 2 is 1.83 bits per heavy atom. The van der Waals surface area contributed by atoms with E-state index in [2.05, 4.69) is 10.3 Å². The van der Waals surface area contributed by atoms with Gasteiger partial charge in [-0.15, -0.1) is 0 Å². The minimum atomic E-state index is -0.187. The third kappa shape index (κ3) is 3.43. The smallest absolute Gasteiger partial charge is 0.267 e. The number of amides is 1. The van der Waals surface area contributed by atoms with E-state index in [1.165, 1.54) is 6.92 Å². The zero-order chi connectivity index (χ0) is 16.4. The van der Waals surface area contributed by atoms with Crippen molar-refractivity contribution in [3.05, 3.63) is 70.4 Å². The predicted molar refractivity (Wildman–Crippen MR) is 90.9 cm³/mol. The number of aromatic amines is 1. The molecule has 2 aromatic carbocycles. The van der Waals surface area contributed by atoms with Crippen molar-refractivity contribution in [3.8, 4) is 0 Å². The van der Waals surface area contributed by atoms with Gasteiger partial charge in [0.1, 0.15) is 5.69 Å². The number of H-pyrrole nitrogens is 1. The Labute approximate surface area is 138 Å². The molecule has 5 heteroatoms. The van der Waals surface area contributed by atoms with E-state index < -0.39 is 0 Å². The number of carbonyl (C=O) groups excluding carboxylic acids is 2. The summed E-state index contributed by atoms with van der Waals surface area (Å²) >= 11 is 5.95. The normalized spacial score (nSPS) is 10.7. The molecule has 1 heterocycles. The topological polar surface area (TPSA) is 62.0 Å². The molecule has 0 fully saturated rings. The largest absolute Gasteiger partial charge is 0.351 e. The first-order valence-corrected chi connectivity index (χ1v) is 7.57. The maximum Gasteiger partial charge on any atom is 0.267 e. The van der Waals surface area contributed by atoms with E-state index in [1.807, 2.05) is 24.3 Å². The maximum absolute atomic E-state index is 12.2. The number of carbonyl (C=O) groups is 2. The van der Waals surface area contributed by atoms with Crippen LogP contribution in [0.15, 0.2) is 48.5 Å². The van der Waals surface area contributed by atoms with Gasteiger partial charge in [0, 0.05) is 28.0 Å². The average molecular weight is 327 g/mol. The lowest BCUT2D eigenvalue weighted by atomic mass is 10.1. The molecule has 0 aliphatic heterocycles. The van der Waals surface area contributed by atoms with E-state index in [0.29, 0.717) is 22.8 Å². The minimum Gasteiger partial charge on any atom is -0.351 e. The van der Waals surface area contributed by atoms with Crippen LogP contribution in [0.3, 0.4) is 0 Å². The highest BCUT2D eigenvalue weighted by Gasteiger charge is 2.09. The molecule has 3 rings (SSSR count). The van der Waals surface area contributed by atoms with Crippen LogP contribution in [0, 0.1) is 0 Å². The van der Waals surface area contributed by atoms with Gasteiger partial charge in [0.15, 0.2) is 5.78 Å². The van der Waals surface area contributed by atoms with Crippen molar-refractivity contribution < 1.29 is 9.59 Å². The molecule has 0 atom stereocenters. The van der Waals surface area contributed by atoms with Gasteiger partial charge in [-0.25, -0.2) is 0 Å². The molecule has 23 heavy (non-hydrogen) atoms. The second kappa shape index (κ2) is 6.26. The van der Waals surface area contributed by atoms with Crippen molar-refractivity contribution in [2.45, 2.75) is 13.5 Å². The SMILES string of the molecule is CC(=O)c1ccc(CNC(=O)c2cc3cc(Cl)ccc3[nH]2)cc1. The molecule has 0 spiro atoms. The van der Waals surface area contributed by atoms with Gasteiger partial charge < -0.3 is 10.3 Å². The number of fused-ring (bicyclic) bond motifs is 1. The average Bonchev–Trinajstić information content (AvgIpc) is 2.96. The Kier molecular flexibility index (Phi) is 4.17. The fourth-order valence-electron chi connectivity index (χ4n) is 2.36. The molecule has 2 N–H and O–H groups in total. The van der Waals surface area contributed by atoms with Crippen LogP contribution in [0.1, 0.15) is 33.3 Å². The summed E-state index contributed by atoms with van der Waals surface area (Å²) in [5, 5.41) is 4.38. The Balaban J connectivity index is 1.69. The molecule has 1 aromatic heterocycles. The number of benzene rings is 2. The zero-order valence-corrected chi connectivity index (χ0v) is 13.3. The first kappa shape index (κ1) is 15.3. The molecule has 116 valence electrons. The lowest BCUT2D eigenvalue weighted by Gasteiger charge is -2.04. The Bertz CT molecular complexity index is 882. The van der Waals surface area contributed by atoms with Gasteiger partial charge in [0.25, 0.3) is 5.91 Å². The lowest BCUT2D eigenvalue weighted by Crippen LogP contribution is -2.23. The van der Waals surface area contributed by atoms with Crippen LogP contribution >= 0.6 is 11.6 Å². The van der Waals surface area contributed by atoms with Crippen molar-refractivity contribution in [3.63, 3.8) is 0 Å². The van der Waals surface area contributed by atoms with Gasteiger partial charge in [-0.1, -0.05) is 35.9 Å². The second-order valence-corrected chi connectivity index (χ2v) is 5.79. The fourth-order valence-corrected chi connectivity index (χ4v) is 2.54. The molecule has 1 amide bonds. The molecular formula is C18H15ClN2O2. The van der Waals surface area contributed by atoms with E-state index in [0.717, 1.165) is 16.5 Å². The number of Topliss-reactive ketones (excluding diaryl/α,β-unsaturated/α-hetero) is 1. The van der Waals surface area contributed by atoms with Crippen LogP contribution in [0.25, 0.3) is 10.9 Å². The summed E-state index contributed by atoms with van der Waals surface area (Å²) in [6.07, 6.45) is 0. The van der Waals surface area contributed by atoms with Gasteiger partial charge in [-0.05, 0) is 36.8 Å². The van der Waals surface area contributed by atoms with E-state index in [1.54, 1.807) is 24.3 Å². The molecule has 0 saturated carbocycles. The Morgan fingerprint density at radius 1 is 1.09 bits per heavy atom. The van der Waals surface area contributed by atoms with Crippen molar-refractivity contribution in [2.75, 3.05) is 0 Å². The maximum atomic E-state index is 12.2. The molecule has 0 bridgehead atoms. The van der Waals surface area contributed by atoms with Crippen LogP contribution in [0.2, 0.25) is 5.02 Å². The summed E-state index contributed by atoms with van der Waals surface area (Å²) in [7, 11) is 0. The molecular weight excluding hydrogens is 312 g/mol. The number of rotatable bonds is 4. The van der Waals surface area contributed by atoms with E-state index >= 15 is 0 Å². The van der Waals surface area contributed by atoms with Gasteiger partial charge in [-0.2, -0.15) is 0 Å². The fraction of sp³-hybridized carbons (Fsp3) is 0.111. The number of halogens is 1. The predicted octanol–water partition coefficient (Wildman–Crippen LogP) is 3.95. The van der Waals surface area contributed by atoms with Crippen LogP contribution < -0.4 is 5.32 Å². The number of ketones is 1. The molecule has 0 aliphatic rings. The highest BCUT2D eigenvalue weighted by Crippen LogP contribution is 2.20. The second-order valence-electron chi connectivity index (χ2n) is 5.35. The lowest BCUT2D eigenvalue weighted by molar-refractivity contribution is 0.0945. The van der Waals surface area contributed by atoms with Gasteiger partial charge in [-0.3, -0.25) is 9.59 Å². The molecule has 0 saturated heterocycles. The van der Waals surface area contributed by atoms with Crippen molar-refractivity contribution >= 4 is 34.2 Å². The van der Waals surface area contributed by atoms with Crippen LogP contribution in [-0.2, 0) is 6.54 Å². The van der Waals surface area contributed by atoms with Crippen LogP contribution in [0.5, 0.6) is 0 Å². The highest BCUT2D eigenvalue weighted by atomic mass is 35.5. The minimum absolute atomic E-state index is 0.0253. The third-order valence-corrected chi connectivity index (χ3v) is 3.88. The highest BCUT2D eigenvalue weighted by molar-refractivity contribution is 6.31. The van der Waals surface area contributed by atoms with E-state index in [-0.39, 0.29) is 11.7 Å². The summed E-state index contributed by atoms with van der Waals surface area (Å²) in [6.45, 7) is 1.92. The van der Waals surface area contributed by atoms with Crippen molar-refractivity contribution in [1.82, 2.24) is 10.3 Å². The molecule has 3 aromatic rings. The van der Waals surface area contributed by atoms with E-state index in [4.69, 9.17) is 11.6 Å². The molecule has 0 radical (unpaired) electrons. The molecule has 4 nitrogen and oxygen atoms in total. The van der Waals surface area contributed by atoms with E-state index in [9.17, 15) is 9.59 Å². The zero-order valence-electron chi connectivity index (χ0n) is 12.5. The van der Waals surface area contributed by atoms with Crippen LogP contribution in [0.4, 0.5) is 0 Å². The number of hydrogen-bond acceptors (Lipinski definition) is 2. The van der Waals surface area contributed by atoms with Gasteiger partial charge in [0.2, 0.25) is 0 Å². The first-order valence-electron chi connectivity index (χ1n) is 7.19. The van der Waals surface area contributed by atoms with Crippen LogP contribution in [-0.4, -0.2) is 16.7 Å². The number of aromatic nitrogens is 1. The van der Waals surface area contributed by atoms with Gasteiger partial charge >= 0.3 is 0 Å². The van der Waals surface area contributed by atoms with Gasteiger partial charge in [0.05, 0.1) is 0 Å². The summed E-state index contributed by atoms with van der Waals surface area (Å²) < 4.78 is 0. The molecule has 0 aliphatic carbocycles. The summed E-state index contributed by atoms with van der Waals surface area (Å²) in [5.74, 6) is -0.162. The number of nitrogens with one attached hydrogen (secondary N) is 2. The monoisotopic (exact) mass is 326 g/mol. The summed E-state index contributed by atoms with van der Waals surface area (Å²) in [6, 6.07) is 14.4. The Hall–Kier alpha value is -2.59. The first-order chi connectivity index (χ1) is 11.0. The summed E-state index contributed by atoms with van der Waals surface area (Å²) in [4.78, 5) is 26.5. The van der Waals surface area contributed by atoms with Crippen molar-refractivity contribution in [2.24, 2.45) is 0 Å². The quantitative estimate of drug-likeness (QED) is 0.713.